The number of phenols is 1. The maximum atomic E-state index is 13.3. The molecule has 0 spiro atoms. The molecule has 0 saturated carbocycles. The Labute approximate surface area is 115 Å². The van der Waals surface area contributed by atoms with Crippen molar-refractivity contribution in [3.05, 3.63) is 45.6 Å². The molecule has 0 bridgehead atoms. The molecule has 1 aromatic heterocycles. The number of benzene rings is 1. The van der Waals surface area contributed by atoms with Crippen LogP contribution in [0, 0.1) is 5.82 Å². The summed E-state index contributed by atoms with van der Waals surface area (Å²) < 4.78 is 13.3. The minimum atomic E-state index is -0.558. The Morgan fingerprint density at radius 3 is 2.75 bits per heavy atom. The van der Waals surface area contributed by atoms with Crippen molar-refractivity contribution < 1.29 is 9.50 Å². The number of aromatic hydroxyl groups is 1. The Morgan fingerprint density at radius 2 is 1.95 bits per heavy atom. The number of nitrogens with zero attached hydrogens (tertiary/aromatic N) is 1. The Kier molecular flexibility index (Phi) is 3.26. The molecule has 1 aromatic carbocycles. The van der Waals surface area contributed by atoms with Gasteiger partial charge in [-0.25, -0.2) is 9.37 Å². The van der Waals surface area contributed by atoms with Crippen LogP contribution in [0.2, 0.25) is 0 Å². The average Bonchev–Trinajstić information content (AvgIpc) is 2.63. The molecule has 1 aliphatic rings. The van der Waals surface area contributed by atoms with Gasteiger partial charge in [-0.1, -0.05) is 6.42 Å². The zero-order valence-electron chi connectivity index (χ0n) is 10.9. The van der Waals surface area contributed by atoms with Crippen molar-refractivity contribution in [2.24, 2.45) is 0 Å². The van der Waals surface area contributed by atoms with Gasteiger partial charge in [-0.15, -0.1) is 0 Å². The molecular weight excluding hydrogens is 259 g/mol. The summed E-state index contributed by atoms with van der Waals surface area (Å²) in [6.45, 7) is 0. The fourth-order valence-electron chi connectivity index (χ4n) is 2.63. The van der Waals surface area contributed by atoms with Crippen molar-refractivity contribution in [3.8, 4) is 17.1 Å². The van der Waals surface area contributed by atoms with Gasteiger partial charge < -0.3 is 10.1 Å². The Morgan fingerprint density at radius 1 is 1.15 bits per heavy atom. The van der Waals surface area contributed by atoms with Crippen molar-refractivity contribution in [1.29, 1.82) is 0 Å². The molecule has 4 nitrogen and oxygen atoms in total. The number of hydrogen-bond donors (Lipinski definition) is 2. The SMILES string of the molecule is O=c1[nH]c(-c2cc(O)cc(F)c2)nc2c1CCCCC2. The fourth-order valence-corrected chi connectivity index (χ4v) is 2.63. The highest BCUT2D eigenvalue weighted by Gasteiger charge is 2.15. The molecule has 1 heterocycles. The molecule has 0 amide bonds. The Hall–Kier alpha value is -2.17. The summed E-state index contributed by atoms with van der Waals surface area (Å²) in [5, 5.41) is 9.45. The standard InChI is InChI=1S/C15H15FN2O2/c16-10-6-9(7-11(19)8-10)14-17-13-5-3-1-2-4-12(13)15(20)18-14/h6-8,19H,1-5H2,(H,17,18,20). The van der Waals surface area contributed by atoms with Crippen LogP contribution in [0.3, 0.4) is 0 Å². The lowest BCUT2D eigenvalue weighted by Gasteiger charge is -2.08. The average molecular weight is 274 g/mol. The first-order valence-corrected chi connectivity index (χ1v) is 6.75. The highest BCUT2D eigenvalue weighted by molar-refractivity contribution is 5.57. The minimum Gasteiger partial charge on any atom is -0.508 e. The number of H-pyrrole nitrogens is 1. The van der Waals surface area contributed by atoms with Crippen LogP contribution in [-0.2, 0) is 12.8 Å². The quantitative estimate of drug-likeness (QED) is 0.785. The number of aryl methyl sites for hydroxylation is 1. The first-order chi connectivity index (χ1) is 9.63. The molecule has 104 valence electrons. The number of fused-ring (bicyclic) bond motifs is 1. The predicted octanol–water partition coefficient (Wildman–Crippen LogP) is 2.55. The van der Waals surface area contributed by atoms with E-state index in [9.17, 15) is 14.3 Å². The molecule has 0 fully saturated rings. The maximum Gasteiger partial charge on any atom is 0.254 e. The smallest absolute Gasteiger partial charge is 0.254 e. The molecule has 3 rings (SSSR count). The van der Waals surface area contributed by atoms with Gasteiger partial charge in [0.05, 0.1) is 5.69 Å². The summed E-state index contributed by atoms with van der Waals surface area (Å²) in [5.74, 6) is -0.430. The normalized spacial score (nSPS) is 14.7. The van der Waals surface area contributed by atoms with Gasteiger partial charge in [-0.2, -0.15) is 0 Å². The molecule has 0 unspecified atom stereocenters. The van der Waals surface area contributed by atoms with Gasteiger partial charge in [-0.05, 0) is 37.8 Å². The van der Waals surface area contributed by atoms with Gasteiger partial charge in [-0.3, -0.25) is 4.79 Å². The molecule has 20 heavy (non-hydrogen) atoms. The number of hydrogen-bond acceptors (Lipinski definition) is 3. The third kappa shape index (κ3) is 2.43. The first kappa shape index (κ1) is 12.8. The largest absolute Gasteiger partial charge is 0.508 e. The van der Waals surface area contributed by atoms with Crippen LogP contribution in [0.25, 0.3) is 11.4 Å². The van der Waals surface area contributed by atoms with Gasteiger partial charge in [0.25, 0.3) is 5.56 Å². The molecule has 1 aliphatic carbocycles. The van der Waals surface area contributed by atoms with E-state index in [2.05, 4.69) is 9.97 Å². The lowest BCUT2D eigenvalue weighted by molar-refractivity contribution is 0.469. The Balaban J connectivity index is 2.13. The van der Waals surface area contributed by atoms with Crippen LogP contribution >= 0.6 is 0 Å². The van der Waals surface area contributed by atoms with E-state index in [1.54, 1.807) is 0 Å². The van der Waals surface area contributed by atoms with Gasteiger partial charge >= 0.3 is 0 Å². The molecule has 0 atom stereocenters. The topological polar surface area (TPSA) is 66.0 Å². The van der Waals surface area contributed by atoms with E-state index < -0.39 is 5.82 Å². The van der Waals surface area contributed by atoms with Gasteiger partial charge in [0.15, 0.2) is 0 Å². The number of aromatic nitrogens is 2. The van der Waals surface area contributed by atoms with E-state index in [0.717, 1.165) is 49.4 Å². The van der Waals surface area contributed by atoms with Crippen molar-refractivity contribution >= 4 is 0 Å². The second kappa shape index (κ2) is 5.07. The van der Waals surface area contributed by atoms with Gasteiger partial charge in [0.1, 0.15) is 17.4 Å². The summed E-state index contributed by atoms with van der Waals surface area (Å²) in [6.07, 6.45) is 4.61. The molecule has 0 aliphatic heterocycles. The minimum absolute atomic E-state index is 0.157. The van der Waals surface area contributed by atoms with Crippen molar-refractivity contribution in [2.45, 2.75) is 32.1 Å². The van der Waals surface area contributed by atoms with Crippen LogP contribution in [0.15, 0.2) is 23.0 Å². The van der Waals surface area contributed by atoms with E-state index in [-0.39, 0.29) is 11.3 Å². The molecular formula is C15H15FN2O2. The number of halogens is 1. The maximum absolute atomic E-state index is 13.3. The van der Waals surface area contributed by atoms with Crippen LogP contribution < -0.4 is 5.56 Å². The highest BCUT2D eigenvalue weighted by Crippen LogP contribution is 2.23. The fraction of sp³-hybridized carbons (Fsp3) is 0.333. The molecule has 5 heteroatoms. The number of nitrogens with one attached hydrogen (secondary N) is 1. The molecule has 2 N–H and O–H groups in total. The third-order valence-electron chi connectivity index (χ3n) is 3.60. The zero-order valence-corrected chi connectivity index (χ0v) is 10.9. The summed E-state index contributed by atoms with van der Waals surface area (Å²) in [6, 6.07) is 3.66. The van der Waals surface area contributed by atoms with E-state index in [0.29, 0.717) is 11.4 Å². The zero-order chi connectivity index (χ0) is 14.1. The highest BCUT2D eigenvalue weighted by atomic mass is 19.1. The monoisotopic (exact) mass is 274 g/mol. The van der Waals surface area contributed by atoms with E-state index in [1.807, 2.05) is 0 Å². The lowest BCUT2D eigenvalue weighted by atomic mass is 10.1. The van der Waals surface area contributed by atoms with Gasteiger partial charge in [0, 0.05) is 17.2 Å². The second-order valence-electron chi connectivity index (χ2n) is 5.10. The van der Waals surface area contributed by atoms with Gasteiger partial charge in [0.2, 0.25) is 0 Å². The summed E-state index contributed by atoms with van der Waals surface area (Å²) in [4.78, 5) is 19.3. The van der Waals surface area contributed by atoms with Crippen LogP contribution in [0.4, 0.5) is 4.39 Å². The third-order valence-corrected chi connectivity index (χ3v) is 3.60. The molecule has 0 saturated heterocycles. The number of phenolic OH excluding ortho intramolecular Hbond substituents is 1. The lowest BCUT2D eigenvalue weighted by Crippen LogP contribution is -2.18. The summed E-state index contributed by atoms with van der Waals surface area (Å²) in [7, 11) is 0. The van der Waals surface area contributed by atoms with Crippen LogP contribution in [-0.4, -0.2) is 15.1 Å². The number of rotatable bonds is 1. The van der Waals surface area contributed by atoms with Crippen LogP contribution in [0.5, 0.6) is 5.75 Å². The second-order valence-corrected chi connectivity index (χ2v) is 5.10. The van der Waals surface area contributed by atoms with Crippen molar-refractivity contribution in [1.82, 2.24) is 9.97 Å². The van der Waals surface area contributed by atoms with Crippen LogP contribution in [0.1, 0.15) is 30.5 Å². The van der Waals surface area contributed by atoms with E-state index >= 15 is 0 Å². The van der Waals surface area contributed by atoms with Crippen molar-refractivity contribution in [2.75, 3.05) is 0 Å². The van der Waals surface area contributed by atoms with E-state index in [4.69, 9.17) is 0 Å². The molecule has 0 radical (unpaired) electrons. The predicted molar refractivity (Wildman–Crippen MR) is 73.2 cm³/mol. The first-order valence-electron chi connectivity index (χ1n) is 6.75. The summed E-state index contributed by atoms with van der Waals surface area (Å²) in [5.41, 5.74) is 1.76. The van der Waals surface area contributed by atoms with E-state index in [1.165, 1.54) is 12.1 Å². The number of aromatic amines is 1. The summed E-state index contributed by atoms with van der Waals surface area (Å²) >= 11 is 0. The molecule has 2 aromatic rings. The van der Waals surface area contributed by atoms with Crippen molar-refractivity contribution in [3.63, 3.8) is 0 Å². The Bertz CT molecular complexity index is 689.